The predicted molar refractivity (Wildman–Crippen MR) is 60.0 cm³/mol. The number of aromatic nitrogens is 3. The highest BCUT2D eigenvalue weighted by Gasteiger charge is 2.21. The van der Waals surface area contributed by atoms with Gasteiger partial charge in [-0.05, 0) is 17.7 Å². The van der Waals surface area contributed by atoms with Crippen LogP contribution >= 0.6 is 11.6 Å². The first-order chi connectivity index (χ1) is 8.61. The third-order valence-corrected chi connectivity index (χ3v) is 2.65. The first-order valence-electron chi connectivity index (χ1n) is 5.12. The summed E-state index contributed by atoms with van der Waals surface area (Å²) in [7, 11) is 0. The summed E-state index contributed by atoms with van der Waals surface area (Å²) in [5.74, 6) is -0.563. The molecule has 0 saturated heterocycles. The van der Waals surface area contributed by atoms with Gasteiger partial charge in [-0.15, -0.1) is 16.7 Å². The smallest absolute Gasteiger partial charge is 0.239 e. The van der Waals surface area contributed by atoms with E-state index in [2.05, 4.69) is 10.3 Å². The Kier molecular flexibility index (Phi) is 3.86. The first-order valence-corrected chi connectivity index (χ1v) is 5.66. The molecule has 0 spiro atoms. The van der Waals surface area contributed by atoms with E-state index in [0.29, 0.717) is 5.56 Å². The van der Waals surface area contributed by atoms with Gasteiger partial charge in [0, 0.05) is 0 Å². The van der Waals surface area contributed by atoms with Crippen molar-refractivity contribution in [2.45, 2.75) is 18.9 Å². The summed E-state index contributed by atoms with van der Waals surface area (Å²) in [6, 6.07) is 5.67. The molecule has 0 N–H and O–H groups in total. The van der Waals surface area contributed by atoms with Crippen LogP contribution in [0.15, 0.2) is 24.3 Å². The maximum atomic E-state index is 13.0. The van der Waals surface area contributed by atoms with E-state index in [1.165, 1.54) is 18.2 Å². The van der Waals surface area contributed by atoms with Crippen molar-refractivity contribution in [3.05, 3.63) is 47.0 Å². The molecule has 0 aliphatic carbocycles. The highest BCUT2D eigenvalue weighted by molar-refractivity contribution is 6.16. The molecule has 1 aromatic carbocycles. The maximum Gasteiger partial charge on any atom is 0.281 e. The van der Waals surface area contributed by atoms with Crippen LogP contribution in [0, 0.1) is 5.82 Å². The van der Waals surface area contributed by atoms with Gasteiger partial charge in [0.1, 0.15) is 17.2 Å². The zero-order chi connectivity index (χ0) is 13.1. The fourth-order valence-electron chi connectivity index (χ4n) is 1.62. The van der Waals surface area contributed by atoms with Crippen LogP contribution in [0.4, 0.5) is 13.2 Å². The van der Waals surface area contributed by atoms with Gasteiger partial charge in [-0.25, -0.2) is 17.9 Å². The summed E-state index contributed by atoms with van der Waals surface area (Å²) in [4.78, 5) is 0. The Morgan fingerprint density at radius 2 is 2.11 bits per heavy atom. The van der Waals surface area contributed by atoms with Crippen LogP contribution in [0.3, 0.4) is 0 Å². The van der Waals surface area contributed by atoms with Gasteiger partial charge >= 0.3 is 0 Å². The summed E-state index contributed by atoms with van der Waals surface area (Å²) < 4.78 is 39.7. The molecule has 0 saturated carbocycles. The van der Waals surface area contributed by atoms with Gasteiger partial charge in [-0.1, -0.05) is 17.3 Å². The van der Waals surface area contributed by atoms with E-state index in [1.54, 1.807) is 6.07 Å². The van der Waals surface area contributed by atoms with Crippen LogP contribution in [0.1, 0.15) is 23.4 Å². The van der Waals surface area contributed by atoms with Gasteiger partial charge in [0.2, 0.25) is 0 Å². The largest absolute Gasteiger partial charge is 0.281 e. The average molecular weight is 276 g/mol. The Balaban J connectivity index is 2.32. The molecule has 0 bridgehead atoms. The highest BCUT2D eigenvalue weighted by atomic mass is 35.5. The molecular formula is C11H9ClF3N3. The monoisotopic (exact) mass is 275 g/mol. The molecule has 0 aliphatic heterocycles. The SMILES string of the molecule is Fc1cccc(Cn2nnc(CCl)c2C(F)F)c1. The molecule has 1 aromatic heterocycles. The van der Waals surface area contributed by atoms with Crippen LogP contribution in [-0.4, -0.2) is 15.0 Å². The third-order valence-electron chi connectivity index (χ3n) is 2.40. The Hall–Kier alpha value is -1.56. The standard InChI is InChI=1S/C11H9ClF3N3/c12-5-9-10(11(14)15)18(17-16-9)6-7-2-1-3-8(13)4-7/h1-4,11H,5-6H2. The number of benzene rings is 1. The van der Waals surface area contributed by atoms with Crippen LogP contribution in [0.25, 0.3) is 0 Å². The van der Waals surface area contributed by atoms with Gasteiger partial charge in [0.25, 0.3) is 6.43 Å². The second-order valence-electron chi connectivity index (χ2n) is 3.64. The Labute approximate surface area is 106 Å². The first kappa shape index (κ1) is 12.9. The van der Waals surface area contributed by atoms with Crippen molar-refractivity contribution in [1.29, 1.82) is 0 Å². The van der Waals surface area contributed by atoms with Crippen molar-refractivity contribution in [3.8, 4) is 0 Å². The summed E-state index contributed by atoms with van der Waals surface area (Å²) in [5.41, 5.74) is 0.250. The number of alkyl halides is 3. The third kappa shape index (κ3) is 2.64. The average Bonchev–Trinajstić information content (AvgIpc) is 2.72. The van der Waals surface area contributed by atoms with E-state index in [4.69, 9.17) is 11.6 Å². The normalized spacial score (nSPS) is 11.2. The van der Waals surface area contributed by atoms with Crippen molar-refractivity contribution in [3.63, 3.8) is 0 Å². The fraction of sp³-hybridized carbons (Fsp3) is 0.273. The molecule has 0 aliphatic rings. The van der Waals surface area contributed by atoms with Gasteiger partial charge in [-0.2, -0.15) is 0 Å². The van der Waals surface area contributed by atoms with E-state index in [0.717, 1.165) is 4.68 Å². The van der Waals surface area contributed by atoms with Crippen LogP contribution in [-0.2, 0) is 12.4 Å². The van der Waals surface area contributed by atoms with Gasteiger partial charge < -0.3 is 0 Å². The Morgan fingerprint density at radius 3 is 2.72 bits per heavy atom. The lowest BCUT2D eigenvalue weighted by Gasteiger charge is -2.06. The molecule has 0 atom stereocenters. The minimum Gasteiger partial charge on any atom is -0.239 e. The topological polar surface area (TPSA) is 30.7 Å². The number of halogens is 4. The molecule has 2 rings (SSSR count). The number of rotatable bonds is 4. The van der Waals surface area contributed by atoms with E-state index in [-0.39, 0.29) is 23.8 Å². The van der Waals surface area contributed by atoms with Crippen LogP contribution in [0.2, 0.25) is 0 Å². The molecule has 18 heavy (non-hydrogen) atoms. The van der Waals surface area contributed by atoms with E-state index in [9.17, 15) is 13.2 Å². The second-order valence-corrected chi connectivity index (χ2v) is 3.91. The number of nitrogens with zero attached hydrogens (tertiary/aromatic N) is 3. The highest BCUT2D eigenvalue weighted by Crippen LogP contribution is 2.23. The molecular weight excluding hydrogens is 267 g/mol. The summed E-state index contributed by atoms with van der Waals surface area (Å²) >= 11 is 5.51. The molecule has 7 heteroatoms. The molecule has 0 fully saturated rings. The summed E-state index contributed by atoms with van der Waals surface area (Å²) in [6.07, 6.45) is -2.72. The Bertz CT molecular complexity index is 542. The van der Waals surface area contributed by atoms with Crippen molar-refractivity contribution in [1.82, 2.24) is 15.0 Å². The maximum absolute atomic E-state index is 13.0. The van der Waals surface area contributed by atoms with E-state index < -0.39 is 12.2 Å². The second kappa shape index (κ2) is 5.39. The lowest BCUT2D eigenvalue weighted by molar-refractivity contribution is 0.139. The summed E-state index contributed by atoms with van der Waals surface area (Å²) in [6.45, 7) is 0.0291. The molecule has 0 amide bonds. The van der Waals surface area contributed by atoms with E-state index in [1.807, 2.05) is 0 Å². The fourth-order valence-corrected chi connectivity index (χ4v) is 1.81. The number of hydrogen-bond donors (Lipinski definition) is 0. The minimum atomic E-state index is -2.72. The van der Waals surface area contributed by atoms with E-state index >= 15 is 0 Å². The molecule has 0 unspecified atom stereocenters. The van der Waals surface area contributed by atoms with Crippen molar-refractivity contribution < 1.29 is 13.2 Å². The minimum absolute atomic E-state index is 0.0291. The van der Waals surface area contributed by atoms with Gasteiger partial charge in [0.05, 0.1) is 12.4 Å². The summed E-state index contributed by atoms with van der Waals surface area (Å²) in [5, 5.41) is 7.19. The van der Waals surface area contributed by atoms with Gasteiger partial charge in [-0.3, -0.25) is 0 Å². The molecule has 3 nitrogen and oxygen atoms in total. The molecule has 0 radical (unpaired) electrons. The van der Waals surface area contributed by atoms with Crippen molar-refractivity contribution in [2.24, 2.45) is 0 Å². The quantitative estimate of drug-likeness (QED) is 0.803. The lowest BCUT2D eigenvalue weighted by atomic mass is 10.2. The molecule has 2 aromatic rings. The van der Waals surface area contributed by atoms with Crippen LogP contribution in [0.5, 0.6) is 0 Å². The van der Waals surface area contributed by atoms with Gasteiger partial charge in [0.15, 0.2) is 0 Å². The van der Waals surface area contributed by atoms with Crippen molar-refractivity contribution >= 4 is 11.6 Å². The lowest BCUT2D eigenvalue weighted by Crippen LogP contribution is -2.08. The van der Waals surface area contributed by atoms with Crippen molar-refractivity contribution in [2.75, 3.05) is 0 Å². The predicted octanol–water partition coefficient (Wildman–Crippen LogP) is 3.14. The van der Waals surface area contributed by atoms with Crippen LogP contribution < -0.4 is 0 Å². The zero-order valence-corrected chi connectivity index (χ0v) is 9.91. The number of hydrogen-bond acceptors (Lipinski definition) is 2. The Morgan fingerprint density at radius 1 is 1.33 bits per heavy atom. The molecule has 96 valence electrons. The zero-order valence-electron chi connectivity index (χ0n) is 9.15. The molecule has 1 heterocycles.